The van der Waals surface area contributed by atoms with Crippen molar-refractivity contribution in [3.63, 3.8) is 0 Å². The van der Waals surface area contributed by atoms with Crippen LogP contribution >= 0.6 is 15.9 Å². The van der Waals surface area contributed by atoms with E-state index in [1.54, 1.807) is 31.2 Å². The van der Waals surface area contributed by atoms with E-state index < -0.39 is 11.9 Å². The molecule has 4 aromatic rings. The number of hydrogen-bond acceptors (Lipinski definition) is 5. The van der Waals surface area contributed by atoms with Crippen LogP contribution in [0.5, 0.6) is 0 Å². The van der Waals surface area contributed by atoms with Gasteiger partial charge in [0.25, 0.3) is 5.91 Å². The molecule has 1 aliphatic heterocycles. The van der Waals surface area contributed by atoms with E-state index in [1.165, 1.54) is 4.90 Å². The molecule has 0 saturated heterocycles. The molecule has 162 valence electrons. The average molecular weight is 493 g/mol. The van der Waals surface area contributed by atoms with Crippen LogP contribution < -0.4 is 10.3 Å². The first-order valence-corrected chi connectivity index (χ1v) is 11.1. The van der Waals surface area contributed by atoms with Gasteiger partial charge in [-0.05, 0) is 41.7 Å². The number of amides is 1. The second kappa shape index (κ2) is 7.17. The van der Waals surface area contributed by atoms with Crippen LogP contribution in [0.4, 0.5) is 5.82 Å². The van der Waals surface area contributed by atoms with Gasteiger partial charge in [0.1, 0.15) is 11.3 Å². The third-order valence-corrected chi connectivity index (χ3v) is 6.28. The minimum absolute atomic E-state index is 0.0215. The number of rotatable bonds is 2. The van der Waals surface area contributed by atoms with Crippen LogP contribution in [0.3, 0.4) is 0 Å². The lowest BCUT2D eigenvalue weighted by Gasteiger charge is -2.24. The van der Waals surface area contributed by atoms with Gasteiger partial charge in [-0.3, -0.25) is 14.5 Å². The van der Waals surface area contributed by atoms with Gasteiger partial charge in [-0.2, -0.15) is 0 Å². The molecule has 3 heterocycles. The van der Waals surface area contributed by atoms with Crippen molar-refractivity contribution in [3.8, 4) is 0 Å². The third kappa shape index (κ3) is 3.19. The molecule has 32 heavy (non-hydrogen) atoms. The predicted molar refractivity (Wildman–Crippen MR) is 125 cm³/mol. The molecule has 1 amide bonds. The van der Waals surface area contributed by atoms with Gasteiger partial charge in [0, 0.05) is 10.5 Å². The summed E-state index contributed by atoms with van der Waals surface area (Å²) in [5.41, 5.74) is 2.38. The zero-order chi connectivity index (χ0) is 22.8. The molecule has 0 fully saturated rings. The Balaban J connectivity index is 1.77. The summed E-state index contributed by atoms with van der Waals surface area (Å²) in [6, 6.07) is 14.2. The lowest BCUT2D eigenvalue weighted by atomic mass is 9.86. The van der Waals surface area contributed by atoms with Crippen molar-refractivity contribution in [2.24, 2.45) is 0 Å². The van der Waals surface area contributed by atoms with Crippen LogP contribution in [0.25, 0.3) is 11.0 Å². The first-order chi connectivity index (χ1) is 15.1. The monoisotopic (exact) mass is 492 g/mol. The van der Waals surface area contributed by atoms with E-state index in [0.29, 0.717) is 28.1 Å². The molecule has 0 aliphatic carbocycles. The summed E-state index contributed by atoms with van der Waals surface area (Å²) in [6.07, 6.45) is 0. The summed E-state index contributed by atoms with van der Waals surface area (Å²) < 4.78 is 12.0. The molecule has 0 N–H and O–H groups in total. The molecule has 0 radical (unpaired) electrons. The highest BCUT2D eigenvalue weighted by Crippen LogP contribution is 2.41. The van der Waals surface area contributed by atoms with E-state index in [0.717, 1.165) is 15.6 Å². The third-order valence-electron chi connectivity index (χ3n) is 5.79. The van der Waals surface area contributed by atoms with Gasteiger partial charge in [-0.15, -0.1) is 0 Å². The number of aromatic nitrogens is 1. The number of halogens is 1. The Morgan fingerprint density at radius 3 is 2.38 bits per heavy atom. The first kappa shape index (κ1) is 20.7. The molecule has 1 atom stereocenters. The van der Waals surface area contributed by atoms with Crippen molar-refractivity contribution in [2.45, 2.75) is 39.2 Å². The second-order valence-corrected chi connectivity index (χ2v) is 9.98. The van der Waals surface area contributed by atoms with Crippen molar-refractivity contribution in [2.75, 3.05) is 4.90 Å². The quantitative estimate of drug-likeness (QED) is 0.348. The van der Waals surface area contributed by atoms with Gasteiger partial charge in [-0.1, -0.05) is 66.1 Å². The van der Waals surface area contributed by atoms with E-state index in [1.807, 2.05) is 24.3 Å². The first-order valence-electron chi connectivity index (χ1n) is 10.3. The van der Waals surface area contributed by atoms with E-state index in [4.69, 9.17) is 8.94 Å². The Morgan fingerprint density at radius 1 is 1.03 bits per heavy atom. The van der Waals surface area contributed by atoms with Crippen LogP contribution in [0, 0.1) is 6.92 Å². The number of carbonyl (C=O) groups excluding carboxylic acids is 1. The maximum Gasteiger partial charge on any atom is 0.296 e. The second-order valence-electron chi connectivity index (χ2n) is 9.06. The maximum absolute atomic E-state index is 13.6. The van der Waals surface area contributed by atoms with Gasteiger partial charge in [-0.25, -0.2) is 0 Å². The van der Waals surface area contributed by atoms with Crippen LogP contribution in [0.2, 0.25) is 0 Å². The number of benzene rings is 2. The highest BCUT2D eigenvalue weighted by Gasteiger charge is 2.45. The number of anilines is 1. The van der Waals surface area contributed by atoms with Crippen molar-refractivity contribution in [1.29, 1.82) is 0 Å². The lowest BCUT2D eigenvalue weighted by Crippen LogP contribution is -2.29. The minimum Gasteiger partial charge on any atom is -0.450 e. The fourth-order valence-corrected chi connectivity index (χ4v) is 4.49. The normalized spacial score (nSPS) is 16.1. The zero-order valence-corrected chi connectivity index (χ0v) is 19.7. The number of carbonyl (C=O) groups is 1. The molecular weight excluding hydrogens is 472 g/mol. The summed E-state index contributed by atoms with van der Waals surface area (Å²) >= 11 is 3.42. The van der Waals surface area contributed by atoms with Gasteiger partial charge >= 0.3 is 0 Å². The largest absolute Gasteiger partial charge is 0.450 e. The Morgan fingerprint density at radius 2 is 1.75 bits per heavy atom. The predicted octanol–water partition coefficient (Wildman–Crippen LogP) is 5.90. The Kier molecular flexibility index (Phi) is 4.64. The number of fused-ring (bicyclic) bond motifs is 2. The summed E-state index contributed by atoms with van der Waals surface area (Å²) in [6.45, 7) is 8.17. The summed E-state index contributed by atoms with van der Waals surface area (Å²) in [5, 5.41) is 4.47. The Bertz CT molecular complexity index is 1430. The van der Waals surface area contributed by atoms with Crippen molar-refractivity contribution in [1.82, 2.24) is 5.16 Å². The van der Waals surface area contributed by atoms with Crippen LogP contribution in [0.1, 0.15) is 59.8 Å². The summed E-state index contributed by atoms with van der Waals surface area (Å²) in [4.78, 5) is 28.6. The zero-order valence-electron chi connectivity index (χ0n) is 18.1. The van der Waals surface area contributed by atoms with E-state index in [-0.39, 0.29) is 16.6 Å². The van der Waals surface area contributed by atoms with Crippen LogP contribution in [-0.2, 0) is 5.41 Å². The molecule has 2 aromatic heterocycles. The molecule has 0 saturated carbocycles. The van der Waals surface area contributed by atoms with Gasteiger partial charge in [0.15, 0.2) is 11.2 Å². The van der Waals surface area contributed by atoms with Gasteiger partial charge in [0.05, 0.1) is 17.0 Å². The topological polar surface area (TPSA) is 76.6 Å². The highest BCUT2D eigenvalue weighted by molar-refractivity contribution is 9.10. The fourth-order valence-electron chi connectivity index (χ4n) is 4.13. The van der Waals surface area contributed by atoms with Crippen LogP contribution in [0.15, 0.2) is 66.7 Å². The lowest BCUT2D eigenvalue weighted by molar-refractivity contribution is 0.0969. The summed E-state index contributed by atoms with van der Waals surface area (Å²) in [5.74, 6) is 0.530. The van der Waals surface area contributed by atoms with Crippen molar-refractivity contribution < 1.29 is 13.7 Å². The van der Waals surface area contributed by atoms with Crippen LogP contribution in [-0.4, -0.2) is 11.1 Å². The number of nitrogens with zero attached hydrogens (tertiary/aromatic N) is 2. The SMILES string of the molecule is Cc1cc(N2C(=O)c3oc4ccc(Br)cc4c(=O)c3[C@H]2c2ccc(C(C)(C)C)cc2)no1. The fraction of sp³-hybridized carbons (Fsp3) is 0.240. The molecule has 7 heteroatoms. The Labute approximate surface area is 192 Å². The molecule has 0 bridgehead atoms. The Hall–Kier alpha value is -3.19. The summed E-state index contributed by atoms with van der Waals surface area (Å²) in [7, 11) is 0. The standard InChI is InChI=1S/C25H21BrN2O4/c1-13-11-19(27-32-13)28-21(14-5-7-15(8-6-14)25(2,3)4)20-22(29)17-12-16(26)9-10-18(17)31-23(20)24(28)30/h5-12,21H,1-4H3/t21-/m1/s1. The van der Waals surface area contributed by atoms with Crippen molar-refractivity contribution in [3.05, 3.63) is 91.4 Å². The van der Waals surface area contributed by atoms with Crippen molar-refractivity contribution >= 4 is 38.6 Å². The number of hydrogen-bond donors (Lipinski definition) is 0. The van der Waals surface area contributed by atoms with E-state index in [9.17, 15) is 9.59 Å². The average Bonchev–Trinajstić information content (AvgIpc) is 3.29. The highest BCUT2D eigenvalue weighted by atomic mass is 79.9. The molecule has 2 aromatic carbocycles. The molecule has 0 spiro atoms. The molecule has 6 nitrogen and oxygen atoms in total. The van der Waals surface area contributed by atoms with E-state index in [2.05, 4.69) is 41.9 Å². The number of aryl methyl sites for hydroxylation is 1. The molecular formula is C25H21BrN2O4. The molecule has 1 aliphatic rings. The van der Waals surface area contributed by atoms with Gasteiger partial charge in [0.2, 0.25) is 5.76 Å². The molecule has 0 unspecified atom stereocenters. The maximum atomic E-state index is 13.6. The molecule has 5 rings (SSSR count). The van der Waals surface area contributed by atoms with E-state index >= 15 is 0 Å². The van der Waals surface area contributed by atoms with Gasteiger partial charge < -0.3 is 8.94 Å². The minimum atomic E-state index is -0.671. The smallest absolute Gasteiger partial charge is 0.296 e.